The van der Waals surface area contributed by atoms with Gasteiger partial charge < -0.3 is 4.74 Å². The Labute approximate surface area is 178 Å². The molecule has 0 atom stereocenters. The lowest BCUT2D eigenvalue weighted by Crippen LogP contribution is -2.27. The van der Waals surface area contributed by atoms with Crippen LogP contribution in [-0.4, -0.2) is 22.7 Å². The van der Waals surface area contributed by atoms with Crippen molar-refractivity contribution in [1.82, 2.24) is 4.90 Å². The largest absolute Gasteiger partial charge is 0.493 e. The molecular weight excluding hydrogens is 406 g/mol. The first-order valence-corrected chi connectivity index (χ1v) is 10.4. The smallest absolute Gasteiger partial charge is 0.293 e. The summed E-state index contributed by atoms with van der Waals surface area (Å²) in [6, 6.07) is 18.9. The predicted molar refractivity (Wildman–Crippen MR) is 118 cm³/mol. The lowest BCUT2D eigenvalue weighted by Gasteiger charge is -2.13. The summed E-state index contributed by atoms with van der Waals surface area (Å²) >= 11 is 6.97. The first kappa shape index (κ1) is 19.6. The van der Waals surface area contributed by atoms with Crippen molar-refractivity contribution in [3.05, 3.63) is 81.7 Å². The van der Waals surface area contributed by atoms with Crippen LogP contribution in [0.2, 0.25) is 5.02 Å². The van der Waals surface area contributed by atoms with Gasteiger partial charge in [0.2, 0.25) is 0 Å². The van der Waals surface area contributed by atoms with Crippen molar-refractivity contribution in [2.75, 3.05) is 6.61 Å². The molecule has 0 saturated carbocycles. The van der Waals surface area contributed by atoms with Gasteiger partial charge in [-0.1, -0.05) is 54.1 Å². The number of nitrogens with zero attached hydrogens (tertiary/aromatic N) is 1. The third-order valence-electron chi connectivity index (χ3n) is 4.61. The van der Waals surface area contributed by atoms with Crippen LogP contribution < -0.4 is 4.74 Å². The van der Waals surface area contributed by atoms with Crippen LogP contribution in [0.15, 0.2) is 65.6 Å². The number of fused-ring (bicyclic) bond motifs is 1. The van der Waals surface area contributed by atoms with Crippen LogP contribution in [0.4, 0.5) is 4.79 Å². The van der Waals surface area contributed by atoms with Crippen molar-refractivity contribution in [3.8, 4) is 5.75 Å². The summed E-state index contributed by atoms with van der Waals surface area (Å²) < 4.78 is 5.77. The molecule has 4 rings (SSSR count). The topological polar surface area (TPSA) is 46.6 Å². The zero-order chi connectivity index (χ0) is 20.4. The first-order chi connectivity index (χ1) is 14.1. The van der Waals surface area contributed by atoms with Gasteiger partial charge in [-0.25, -0.2) is 0 Å². The highest BCUT2D eigenvalue weighted by Gasteiger charge is 2.35. The van der Waals surface area contributed by atoms with Gasteiger partial charge in [-0.15, -0.1) is 0 Å². The fourth-order valence-corrected chi connectivity index (χ4v) is 4.32. The molecule has 0 unspecified atom stereocenters. The Morgan fingerprint density at radius 2 is 1.90 bits per heavy atom. The number of thioether (sulfide) groups is 1. The Morgan fingerprint density at radius 1 is 1.07 bits per heavy atom. The second kappa shape index (κ2) is 8.31. The summed E-state index contributed by atoms with van der Waals surface area (Å²) in [6.45, 7) is 2.61. The highest BCUT2D eigenvalue weighted by molar-refractivity contribution is 8.18. The fourth-order valence-electron chi connectivity index (χ4n) is 3.29. The highest BCUT2D eigenvalue weighted by Crippen LogP contribution is 2.37. The molecule has 146 valence electrons. The minimum Gasteiger partial charge on any atom is -0.493 e. The Kier molecular flexibility index (Phi) is 5.60. The van der Waals surface area contributed by atoms with E-state index in [9.17, 15) is 9.59 Å². The standard InChI is InChI=1S/C23H18ClNO3S/c1-2-28-20-11-10-16-7-3-4-9-18(16)19(20)13-21-22(26)25(23(27)29-21)14-15-6-5-8-17(24)12-15/h3-13H,2,14H2,1H3/b21-13-. The van der Waals surface area contributed by atoms with E-state index < -0.39 is 0 Å². The number of halogens is 1. The number of imide groups is 1. The monoisotopic (exact) mass is 423 g/mol. The lowest BCUT2D eigenvalue weighted by atomic mass is 10.0. The van der Waals surface area contributed by atoms with Gasteiger partial charge in [-0.2, -0.15) is 0 Å². The van der Waals surface area contributed by atoms with E-state index in [2.05, 4.69) is 0 Å². The second-order valence-corrected chi connectivity index (χ2v) is 7.96. The van der Waals surface area contributed by atoms with Gasteiger partial charge in [0.05, 0.1) is 18.1 Å². The minimum atomic E-state index is -0.310. The van der Waals surface area contributed by atoms with Crippen LogP contribution in [0.5, 0.6) is 5.75 Å². The molecule has 0 aliphatic carbocycles. The Morgan fingerprint density at radius 3 is 2.69 bits per heavy atom. The van der Waals surface area contributed by atoms with E-state index in [4.69, 9.17) is 16.3 Å². The molecule has 2 amide bonds. The summed E-state index contributed by atoms with van der Waals surface area (Å²) in [5.41, 5.74) is 1.61. The summed E-state index contributed by atoms with van der Waals surface area (Å²) in [5, 5.41) is 2.29. The number of ether oxygens (including phenoxy) is 1. The van der Waals surface area contributed by atoms with Crippen molar-refractivity contribution in [2.45, 2.75) is 13.5 Å². The lowest BCUT2D eigenvalue weighted by molar-refractivity contribution is -0.123. The molecule has 1 aliphatic rings. The number of carbonyl (C=O) groups excluding carboxylic acids is 2. The SMILES string of the molecule is CCOc1ccc2ccccc2c1/C=C1\SC(=O)N(Cc2cccc(Cl)c2)C1=O. The van der Waals surface area contributed by atoms with Crippen molar-refractivity contribution >= 4 is 51.4 Å². The quantitative estimate of drug-likeness (QED) is 0.463. The van der Waals surface area contributed by atoms with Gasteiger partial charge >= 0.3 is 0 Å². The number of carbonyl (C=O) groups is 2. The summed E-state index contributed by atoms with van der Waals surface area (Å²) in [6.07, 6.45) is 1.76. The number of rotatable bonds is 5. The zero-order valence-corrected chi connectivity index (χ0v) is 17.3. The van der Waals surface area contributed by atoms with Crippen molar-refractivity contribution < 1.29 is 14.3 Å². The third-order valence-corrected chi connectivity index (χ3v) is 5.75. The fraction of sp³-hybridized carbons (Fsp3) is 0.130. The molecule has 29 heavy (non-hydrogen) atoms. The van der Waals surface area contributed by atoms with Gasteiger partial charge in [-0.3, -0.25) is 14.5 Å². The van der Waals surface area contributed by atoms with E-state index in [1.807, 2.05) is 49.4 Å². The number of hydrogen-bond donors (Lipinski definition) is 0. The normalized spacial score (nSPS) is 15.5. The van der Waals surface area contributed by atoms with Crippen molar-refractivity contribution in [2.24, 2.45) is 0 Å². The zero-order valence-electron chi connectivity index (χ0n) is 15.7. The molecule has 0 aromatic heterocycles. The average molecular weight is 424 g/mol. The van der Waals surface area contributed by atoms with Gasteiger partial charge in [-0.05, 0) is 59.3 Å². The third kappa shape index (κ3) is 4.02. The van der Waals surface area contributed by atoms with Gasteiger partial charge in [0.25, 0.3) is 11.1 Å². The summed E-state index contributed by atoms with van der Waals surface area (Å²) in [5.74, 6) is 0.378. The first-order valence-electron chi connectivity index (χ1n) is 9.21. The molecule has 1 aliphatic heterocycles. The molecule has 3 aromatic carbocycles. The van der Waals surface area contributed by atoms with Crippen LogP contribution in [0.3, 0.4) is 0 Å². The van der Waals surface area contributed by atoms with Crippen molar-refractivity contribution in [1.29, 1.82) is 0 Å². The van der Waals surface area contributed by atoms with E-state index in [-0.39, 0.29) is 17.7 Å². The van der Waals surface area contributed by atoms with Crippen LogP contribution in [0.25, 0.3) is 16.8 Å². The maximum Gasteiger partial charge on any atom is 0.293 e. The van der Waals surface area contributed by atoms with Crippen LogP contribution in [0.1, 0.15) is 18.1 Å². The second-order valence-electron chi connectivity index (χ2n) is 6.53. The average Bonchev–Trinajstić information content (AvgIpc) is 2.97. The Hall–Kier alpha value is -2.76. The van der Waals surface area contributed by atoms with Gasteiger partial charge in [0, 0.05) is 10.6 Å². The molecule has 0 spiro atoms. The minimum absolute atomic E-state index is 0.191. The Bertz CT molecular complexity index is 1140. The van der Waals surface area contributed by atoms with E-state index in [1.165, 1.54) is 4.90 Å². The molecule has 1 saturated heterocycles. The van der Waals surface area contributed by atoms with Crippen molar-refractivity contribution in [3.63, 3.8) is 0 Å². The maximum atomic E-state index is 13.0. The maximum absolute atomic E-state index is 13.0. The van der Waals surface area contributed by atoms with Crippen LogP contribution in [-0.2, 0) is 11.3 Å². The molecule has 0 bridgehead atoms. The van der Waals surface area contributed by atoms with Gasteiger partial charge in [0.1, 0.15) is 5.75 Å². The molecule has 6 heteroatoms. The molecule has 4 nitrogen and oxygen atoms in total. The summed E-state index contributed by atoms with van der Waals surface area (Å²) in [7, 11) is 0. The number of benzene rings is 3. The molecule has 0 N–H and O–H groups in total. The summed E-state index contributed by atoms with van der Waals surface area (Å²) in [4.78, 5) is 27.1. The van der Waals surface area contributed by atoms with Crippen LogP contribution in [0, 0.1) is 0 Å². The molecule has 1 fully saturated rings. The highest BCUT2D eigenvalue weighted by atomic mass is 35.5. The van der Waals surface area contributed by atoms with E-state index in [1.54, 1.807) is 24.3 Å². The predicted octanol–water partition coefficient (Wildman–Crippen LogP) is 6.13. The number of amides is 2. The van der Waals surface area contributed by atoms with E-state index in [0.29, 0.717) is 22.3 Å². The van der Waals surface area contributed by atoms with Gasteiger partial charge in [0.15, 0.2) is 0 Å². The van der Waals surface area contributed by atoms with Crippen LogP contribution >= 0.6 is 23.4 Å². The van der Waals surface area contributed by atoms with E-state index in [0.717, 1.165) is 33.7 Å². The molecule has 0 radical (unpaired) electrons. The number of hydrogen-bond acceptors (Lipinski definition) is 4. The Balaban J connectivity index is 1.71. The molecule has 3 aromatic rings. The molecular formula is C23H18ClNO3S. The molecule has 1 heterocycles. The van der Waals surface area contributed by atoms with E-state index >= 15 is 0 Å².